The SMILES string of the molecule is CCc1ccc(-c2cccc(C(F)(F)F)c2)cn1.Cc1ccc(-c2cccc(C(F)(F)F)c2)cn1.Cc1ccc(C)nc1.Cc1ccc(O)cn1.OB(O)c1cccc(C(F)(F)F)c1. The Labute approximate surface area is 365 Å². The molecule has 0 saturated heterocycles. The first-order chi connectivity index (χ1) is 30.0. The van der Waals surface area contributed by atoms with Crippen LogP contribution in [0.3, 0.4) is 0 Å². The van der Waals surface area contributed by atoms with E-state index in [-0.39, 0.29) is 11.2 Å². The molecule has 64 heavy (non-hydrogen) atoms. The molecule has 0 radical (unpaired) electrons. The Balaban J connectivity index is 0.000000221. The van der Waals surface area contributed by atoms with Gasteiger partial charge in [0.1, 0.15) is 5.75 Å². The highest BCUT2D eigenvalue weighted by Crippen LogP contribution is 2.33. The van der Waals surface area contributed by atoms with Crippen molar-refractivity contribution in [1.82, 2.24) is 19.9 Å². The second-order valence-electron chi connectivity index (χ2n) is 13.9. The van der Waals surface area contributed by atoms with E-state index in [4.69, 9.17) is 15.2 Å². The molecule has 0 aliphatic heterocycles. The number of halogens is 9. The second kappa shape index (κ2) is 23.7. The summed E-state index contributed by atoms with van der Waals surface area (Å²) in [5.74, 6) is 0.218. The van der Waals surface area contributed by atoms with E-state index in [9.17, 15) is 39.5 Å². The molecule has 7 rings (SSSR count). The van der Waals surface area contributed by atoms with Crippen molar-refractivity contribution in [3.8, 4) is 28.0 Å². The van der Waals surface area contributed by atoms with Gasteiger partial charge in [-0.3, -0.25) is 19.9 Å². The van der Waals surface area contributed by atoms with Crippen molar-refractivity contribution in [1.29, 1.82) is 0 Å². The van der Waals surface area contributed by atoms with Crippen molar-refractivity contribution in [2.45, 2.75) is 59.6 Å². The number of pyridine rings is 4. The molecule has 0 atom stereocenters. The molecule has 0 fully saturated rings. The fraction of sp³-hybridized carbons (Fsp3) is 0.191. The molecule has 0 aliphatic carbocycles. The summed E-state index contributed by atoms with van der Waals surface area (Å²) in [6, 6.07) is 29.0. The Morgan fingerprint density at radius 2 is 0.875 bits per heavy atom. The Bertz CT molecular complexity index is 2380. The van der Waals surface area contributed by atoms with Gasteiger partial charge in [0.25, 0.3) is 0 Å². The van der Waals surface area contributed by atoms with Crippen LogP contribution in [0.15, 0.2) is 146 Å². The second-order valence-corrected chi connectivity index (χ2v) is 13.9. The van der Waals surface area contributed by atoms with Crippen molar-refractivity contribution < 1.29 is 54.7 Å². The van der Waals surface area contributed by atoms with Crippen LogP contribution in [0.1, 0.15) is 52.0 Å². The molecule has 4 aromatic heterocycles. The molecule has 0 amide bonds. The lowest BCUT2D eigenvalue weighted by Gasteiger charge is -2.08. The first kappa shape index (κ1) is 51.8. The van der Waals surface area contributed by atoms with Gasteiger partial charge in [-0.15, -0.1) is 0 Å². The first-order valence-corrected chi connectivity index (χ1v) is 19.2. The molecule has 7 nitrogen and oxygen atoms in total. The van der Waals surface area contributed by atoms with Gasteiger partial charge in [-0.05, 0) is 111 Å². The van der Waals surface area contributed by atoms with Crippen molar-refractivity contribution in [2.75, 3.05) is 0 Å². The van der Waals surface area contributed by atoms with Crippen molar-refractivity contribution in [3.63, 3.8) is 0 Å². The summed E-state index contributed by atoms with van der Waals surface area (Å²) in [5, 5.41) is 25.9. The van der Waals surface area contributed by atoms with Gasteiger partial charge in [0.2, 0.25) is 0 Å². The molecule has 0 saturated carbocycles. The van der Waals surface area contributed by atoms with Crippen LogP contribution in [-0.4, -0.2) is 42.2 Å². The largest absolute Gasteiger partial charge is 0.506 e. The van der Waals surface area contributed by atoms with Crippen LogP contribution in [0.2, 0.25) is 0 Å². The summed E-state index contributed by atoms with van der Waals surface area (Å²) in [6.45, 7) is 9.70. The molecular weight excluding hydrogens is 850 g/mol. The molecule has 4 heterocycles. The minimum Gasteiger partial charge on any atom is -0.506 e. The highest BCUT2D eigenvalue weighted by molar-refractivity contribution is 6.58. The number of hydrogen-bond acceptors (Lipinski definition) is 7. The van der Waals surface area contributed by atoms with Gasteiger partial charge >= 0.3 is 25.6 Å². The number of aromatic nitrogens is 4. The van der Waals surface area contributed by atoms with E-state index < -0.39 is 42.3 Å². The Morgan fingerprint density at radius 3 is 1.22 bits per heavy atom. The van der Waals surface area contributed by atoms with E-state index in [1.165, 1.54) is 30.0 Å². The first-order valence-electron chi connectivity index (χ1n) is 19.2. The van der Waals surface area contributed by atoms with Gasteiger partial charge < -0.3 is 15.2 Å². The molecule has 0 bridgehead atoms. The normalized spacial score (nSPS) is 10.9. The lowest BCUT2D eigenvalue weighted by atomic mass is 9.79. The summed E-state index contributed by atoms with van der Waals surface area (Å²) in [7, 11) is -1.87. The van der Waals surface area contributed by atoms with Gasteiger partial charge in [-0.25, -0.2) is 0 Å². The smallest absolute Gasteiger partial charge is 0.488 e. The predicted octanol–water partition coefficient (Wildman–Crippen LogP) is 11.6. The fourth-order valence-electron chi connectivity index (χ4n) is 5.07. The third-order valence-electron chi connectivity index (χ3n) is 8.61. The molecular formula is C47H44BF9N4O3. The maximum absolute atomic E-state index is 12.6. The Hall–Kier alpha value is -6.59. The topological polar surface area (TPSA) is 112 Å². The number of hydrogen-bond donors (Lipinski definition) is 3. The number of rotatable bonds is 4. The summed E-state index contributed by atoms with van der Waals surface area (Å²) in [5.41, 5.74) is 5.05. The van der Waals surface area contributed by atoms with E-state index in [1.807, 2.05) is 52.9 Å². The average Bonchev–Trinajstić information content (AvgIpc) is 3.26. The zero-order chi connectivity index (χ0) is 47.7. The molecule has 3 aromatic carbocycles. The van der Waals surface area contributed by atoms with E-state index in [1.54, 1.807) is 54.9 Å². The minimum absolute atomic E-state index is 0.171. The molecule has 7 aromatic rings. The molecule has 3 N–H and O–H groups in total. The van der Waals surface area contributed by atoms with Crippen LogP contribution in [0.4, 0.5) is 39.5 Å². The van der Waals surface area contributed by atoms with Gasteiger partial charge in [-0.2, -0.15) is 39.5 Å². The molecule has 0 spiro atoms. The van der Waals surface area contributed by atoms with Gasteiger partial charge in [0.05, 0.1) is 22.9 Å². The van der Waals surface area contributed by atoms with Crippen molar-refractivity contribution in [2.24, 2.45) is 0 Å². The van der Waals surface area contributed by atoms with Gasteiger partial charge in [0.15, 0.2) is 0 Å². The van der Waals surface area contributed by atoms with E-state index >= 15 is 0 Å². The zero-order valence-electron chi connectivity index (χ0n) is 35.2. The van der Waals surface area contributed by atoms with Crippen LogP contribution in [0.25, 0.3) is 22.3 Å². The van der Waals surface area contributed by atoms with Gasteiger partial charge in [0, 0.05) is 52.5 Å². The summed E-state index contributed by atoms with van der Waals surface area (Å²) < 4.78 is 112. The standard InChI is InChI=1S/C14H12F3N.C13H10F3N.C7H6BF3O2.C7H9N.C6H7NO/c1-2-13-7-6-11(9-18-13)10-4-3-5-12(8-10)14(15,16)17;1-9-5-6-11(8-17-9)10-3-2-4-12(7-10)13(14,15)16;9-7(10,11)5-2-1-3-6(4-5)8(12)13;1-6-3-4-7(2)8-5-6;1-5-2-3-6(8)4-7-5/h3-9H,2H2,1H3;2-8H,1H3;1-4,12-13H;3-5H,1-2H3;2-4,8H,1H3. The summed E-state index contributed by atoms with van der Waals surface area (Å²) >= 11 is 0. The summed E-state index contributed by atoms with van der Waals surface area (Å²) in [6.07, 6.45) is -5.79. The number of aryl methyl sites for hydroxylation is 5. The monoisotopic (exact) mass is 894 g/mol. The third kappa shape index (κ3) is 18.0. The number of benzene rings is 3. The fourth-order valence-corrected chi connectivity index (χ4v) is 5.07. The molecule has 0 aliphatic rings. The lowest BCUT2D eigenvalue weighted by molar-refractivity contribution is -0.138. The highest BCUT2D eigenvalue weighted by atomic mass is 19.4. The minimum atomic E-state index is -4.45. The number of nitrogens with zero attached hydrogens (tertiary/aromatic N) is 4. The van der Waals surface area contributed by atoms with Crippen molar-refractivity contribution >= 4 is 12.6 Å². The number of alkyl halides is 9. The van der Waals surface area contributed by atoms with Crippen LogP contribution in [0.5, 0.6) is 5.75 Å². The van der Waals surface area contributed by atoms with Crippen LogP contribution < -0.4 is 5.46 Å². The Morgan fingerprint density at radius 1 is 0.453 bits per heavy atom. The predicted molar refractivity (Wildman–Crippen MR) is 229 cm³/mol. The molecule has 0 unspecified atom stereocenters. The van der Waals surface area contributed by atoms with Crippen LogP contribution in [-0.2, 0) is 24.9 Å². The highest BCUT2D eigenvalue weighted by Gasteiger charge is 2.32. The van der Waals surface area contributed by atoms with Gasteiger partial charge in [-0.1, -0.05) is 73.7 Å². The maximum atomic E-state index is 12.6. The molecule has 336 valence electrons. The zero-order valence-corrected chi connectivity index (χ0v) is 35.2. The average molecular weight is 895 g/mol. The van der Waals surface area contributed by atoms with Crippen LogP contribution in [0, 0.1) is 27.7 Å². The lowest BCUT2D eigenvalue weighted by Crippen LogP contribution is -2.30. The maximum Gasteiger partial charge on any atom is 0.488 e. The quantitative estimate of drug-likeness (QED) is 0.119. The van der Waals surface area contributed by atoms with E-state index in [0.29, 0.717) is 28.3 Å². The van der Waals surface area contributed by atoms with E-state index in [2.05, 4.69) is 26.0 Å². The van der Waals surface area contributed by atoms with Crippen LogP contribution >= 0.6 is 0 Å². The van der Waals surface area contributed by atoms with E-state index in [0.717, 1.165) is 65.6 Å². The summed E-state index contributed by atoms with van der Waals surface area (Å²) in [4.78, 5) is 16.2. The van der Waals surface area contributed by atoms with Crippen molar-refractivity contribution in [3.05, 3.63) is 191 Å². The number of aromatic hydroxyl groups is 1. The third-order valence-corrected chi connectivity index (χ3v) is 8.61. The Kier molecular flexibility index (Phi) is 19.2. The molecule has 17 heteroatoms.